The largest absolute Gasteiger partial charge is 0.496 e. The highest BCUT2D eigenvalue weighted by Gasteiger charge is 2.11. The molecule has 0 unspecified atom stereocenters. The van der Waals surface area contributed by atoms with Gasteiger partial charge in [0.05, 0.1) is 12.7 Å². The predicted octanol–water partition coefficient (Wildman–Crippen LogP) is 2.17. The average molecular weight is 370 g/mol. The Balaban J connectivity index is 1.76. The van der Waals surface area contributed by atoms with Gasteiger partial charge in [0, 0.05) is 25.6 Å². The zero-order valence-corrected chi connectivity index (χ0v) is 15.3. The van der Waals surface area contributed by atoms with Crippen molar-refractivity contribution in [1.29, 1.82) is 0 Å². The third-order valence-electron chi connectivity index (χ3n) is 3.63. The third-order valence-corrected chi connectivity index (χ3v) is 3.63. The van der Waals surface area contributed by atoms with Crippen molar-refractivity contribution in [3.63, 3.8) is 0 Å². The second kappa shape index (κ2) is 9.96. The number of carbonyl (C=O) groups is 3. The van der Waals surface area contributed by atoms with Crippen LogP contribution in [0.25, 0.3) is 0 Å². The third kappa shape index (κ3) is 6.14. The van der Waals surface area contributed by atoms with Crippen LogP contribution in [0.2, 0.25) is 0 Å². The summed E-state index contributed by atoms with van der Waals surface area (Å²) < 4.78 is 10.1. The van der Waals surface area contributed by atoms with Crippen molar-refractivity contribution in [1.82, 2.24) is 10.6 Å². The summed E-state index contributed by atoms with van der Waals surface area (Å²) in [7, 11) is 1.51. The molecule has 2 rings (SSSR count). The number of rotatable bonds is 8. The molecule has 0 spiro atoms. The van der Waals surface area contributed by atoms with Crippen LogP contribution in [0.15, 0.2) is 48.5 Å². The maximum Gasteiger partial charge on any atom is 0.308 e. The van der Waals surface area contributed by atoms with Crippen molar-refractivity contribution in [3.05, 3.63) is 59.7 Å². The van der Waals surface area contributed by atoms with Gasteiger partial charge < -0.3 is 20.1 Å². The van der Waals surface area contributed by atoms with Crippen molar-refractivity contribution in [3.8, 4) is 11.5 Å². The lowest BCUT2D eigenvalue weighted by Crippen LogP contribution is -2.30. The Labute approximate surface area is 157 Å². The number of hydrogen-bond donors (Lipinski definition) is 2. The summed E-state index contributed by atoms with van der Waals surface area (Å²) in [5.74, 6) is -0.124. The molecular formula is C20H22N2O5. The monoisotopic (exact) mass is 370 g/mol. The zero-order valence-electron chi connectivity index (χ0n) is 15.3. The summed E-state index contributed by atoms with van der Waals surface area (Å²) in [5.41, 5.74) is 0.859. The van der Waals surface area contributed by atoms with E-state index in [4.69, 9.17) is 9.47 Å². The van der Waals surface area contributed by atoms with E-state index in [-0.39, 0.29) is 11.8 Å². The fourth-order valence-corrected chi connectivity index (χ4v) is 2.39. The van der Waals surface area contributed by atoms with Gasteiger partial charge in [-0.2, -0.15) is 0 Å². The molecule has 0 fully saturated rings. The van der Waals surface area contributed by atoms with E-state index in [0.29, 0.717) is 42.1 Å². The average Bonchev–Trinajstić information content (AvgIpc) is 2.67. The van der Waals surface area contributed by atoms with Crippen LogP contribution in [0.5, 0.6) is 11.5 Å². The summed E-state index contributed by atoms with van der Waals surface area (Å²) in [5, 5.41) is 5.55. The molecule has 0 radical (unpaired) electrons. The van der Waals surface area contributed by atoms with Gasteiger partial charge in [0.15, 0.2) is 0 Å². The van der Waals surface area contributed by atoms with E-state index in [9.17, 15) is 14.4 Å². The minimum absolute atomic E-state index is 0.229. The summed E-state index contributed by atoms with van der Waals surface area (Å²) >= 11 is 0. The Hall–Kier alpha value is -3.35. The molecule has 0 aromatic heterocycles. The van der Waals surface area contributed by atoms with Crippen molar-refractivity contribution in [2.75, 3.05) is 20.2 Å². The molecule has 2 amide bonds. The van der Waals surface area contributed by atoms with E-state index < -0.39 is 5.97 Å². The lowest BCUT2D eigenvalue weighted by Gasteiger charge is -2.10. The number of nitrogens with one attached hydrogen (secondary N) is 2. The van der Waals surface area contributed by atoms with Gasteiger partial charge in [-0.05, 0) is 36.8 Å². The number of benzene rings is 2. The summed E-state index contributed by atoms with van der Waals surface area (Å²) in [6.07, 6.45) is 0.566. The number of ether oxygens (including phenoxy) is 2. The minimum atomic E-state index is -0.446. The highest BCUT2D eigenvalue weighted by molar-refractivity contribution is 5.97. The van der Waals surface area contributed by atoms with Crippen molar-refractivity contribution < 1.29 is 23.9 Å². The molecule has 2 aromatic carbocycles. The zero-order chi connectivity index (χ0) is 19.6. The number of para-hydroxylation sites is 1. The second-order valence-electron chi connectivity index (χ2n) is 5.69. The van der Waals surface area contributed by atoms with Crippen LogP contribution in [-0.4, -0.2) is 38.0 Å². The standard InChI is InChI=1S/C20H22N2O5/c1-14(23)27-16-8-5-7-15(13-16)19(24)21-11-6-12-22-20(25)17-9-3-4-10-18(17)26-2/h3-5,7-10,13H,6,11-12H2,1-2H3,(H,21,24)(H,22,25). The van der Waals surface area contributed by atoms with Gasteiger partial charge in [0.2, 0.25) is 0 Å². The van der Waals surface area contributed by atoms with Crippen LogP contribution in [-0.2, 0) is 4.79 Å². The van der Waals surface area contributed by atoms with E-state index in [2.05, 4.69) is 10.6 Å². The molecule has 27 heavy (non-hydrogen) atoms. The van der Waals surface area contributed by atoms with Crippen LogP contribution in [0, 0.1) is 0 Å². The maximum atomic E-state index is 12.1. The quantitative estimate of drug-likeness (QED) is 0.422. The number of esters is 1. The minimum Gasteiger partial charge on any atom is -0.496 e. The summed E-state index contributed by atoms with van der Waals surface area (Å²) in [4.78, 5) is 35.2. The predicted molar refractivity (Wildman–Crippen MR) is 100 cm³/mol. The van der Waals surface area contributed by atoms with Crippen LogP contribution >= 0.6 is 0 Å². The van der Waals surface area contributed by atoms with Crippen molar-refractivity contribution in [2.24, 2.45) is 0 Å². The normalized spacial score (nSPS) is 10.0. The summed E-state index contributed by atoms with van der Waals surface area (Å²) in [6, 6.07) is 13.3. The Kier molecular flexibility index (Phi) is 7.37. The highest BCUT2D eigenvalue weighted by atomic mass is 16.5. The number of methoxy groups -OCH3 is 1. The van der Waals surface area contributed by atoms with Gasteiger partial charge in [-0.15, -0.1) is 0 Å². The van der Waals surface area contributed by atoms with E-state index >= 15 is 0 Å². The molecule has 2 aromatic rings. The van der Waals surface area contributed by atoms with Gasteiger partial charge in [-0.3, -0.25) is 14.4 Å². The molecule has 0 atom stereocenters. The summed E-state index contributed by atoms with van der Waals surface area (Å²) in [6.45, 7) is 2.10. The van der Waals surface area contributed by atoms with E-state index in [1.807, 2.05) is 0 Å². The first-order chi connectivity index (χ1) is 13.0. The number of amides is 2. The Bertz CT molecular complexity index is 820. The molecule has 0 bridgehead atoms. The van der Waals surface area contributed by atoms with Gasteiger partial charge in [-0.25, -0.2) is 0 Å². The molecule has 0 aliphatic heterocycles. The lowest BCUT2D eigenvalue weighted by molar-refractivity contribution is -0.131. The van der Waals surface area contributed by atoms with E-state index in [1.165, 1.54) is 20.1 Å². The molecule has 7 heteroatoms. The van der Waals surface area contributed by atoms with E-state index in [0.717, 1.165) is 0 Å². The number of hydrogen-bond acceptors (Lipinski definition) is 5. The SMILES string of the molecule is COc1ccccc1C(=O)NCCCNC(=O)c1cccc(OC(C)=O)c1. The van der Waals surface area contributed by atoms with Crippen LogP contribution in [0.1, 0.15) is 34.1 Å². The lowest BCUT2D eigenvalue weighted by atomic mass is 10.2. The number of carbonyl (C=O) groups excluding carboxylic acids is 3. The van der Waals surface area contributed by atoms with Crippen LogP contribution < -0.4 is 20.1 Å². The molecule has 0 aliphatic carbocycles. The van der Waals surface area contributed by atoms with Crippen molar-refractivity contribution in [2.45, 2.75) is 13.3 Å². The van der Waals surface area contributed by atoms with Crippen molar-refractivity contribution >= 4 is 17.8 Å². The Morgan fingerprint density at radius 2 is 1.63 bits per heavy atom. The molecule has 142 valence electrons. The van der Waals surface area contributed by atoms with Gasteiger partial charge in [-0.1, -0.05) is 18.2 Å². The second-order valence-corrected chi connectivity index (χ2v) is 5.69. The smallest absolute Gasteiger partial charge is 0.308 e. The molecule has 0 saturated heterocycles. The maximum absolute atomic E-state index is 12.1. The first-order valence-corrected chi connectivity index (χ1v) is 8.49. The van der Waals surface area contributed by atoms with Crippen LogP contribution in [0.3, 0.4) is 0 Å². The Morgan fingerprint density at radius 1 is 0.926 bits per heavy atom. The molecule has 2 N–H and O–H groups in total. The first kappa shape index (κ1) is 20.0. The van der Waals surface area contributed by atoms with Gasteiger partial charge >= 0.3 is 5.97 Å². The fourth-order valence-electron chi connectivity index (χ4n) is 2.39. The van der Waals surface area contributed by atoms with Crippen LogP contribution in [0.4, 0.5) is 0 Å². The molecule has 0 heterocycles. The highest BCUT2D eigenvalue weighted by Crippen LogP contribution is 2.16. The van der Waals surface area contributed by atoms with Gasteiger partial charge in [0.1, 0.15) is 11.5 Å². The topological polar surface area (TPSA) is 93.7 Å². The molecule has 7 nitrogen and oxygen atoms in total. The van der Waals surface area contributed by atoms with E-state index in [1.54, 1.807) is 42.5 Å². The van der Waals surface area contributed by atoms with Gasteiger partial charge in [0.25, 0.3) is 11.8 Å². The molecule has 0 saturated carbocycles. The fraction of sp³-hybridized carbons (Fsp3) is 0.250. The molecular weight excluding hydrogens is 348 g/mol. The Morgan fingerprint density at radius 3 is 2.33 bits per heavy atom. The molecule has 0 aliphatic rings. The first-order valence-electron chi connectivity index (χ1n) is 8.49.